The molecule has 0 aromatic carbocycles. The number of nitrogens with one attached hydrogen (secondary N) is 1. The molecule has 1 saturated heterocycles. The van der Waals surface area contributed by atoms with Gasteiger partial charge in [0, 0.05) is 45.9 Å². The van der Waals surface area contributed by atoms with Gasteiger partial charge in [0.05, 0.1) is 13.2 Å². The normalized spacial score (nSPS) is 16.5. The van der Waals surface area contributed by atoms with E-state index in [-0.39, 0.29) is 24.0 Å². The van der Waals surface area contributed by atoms with E-state index in [0.29, 0.717) is 5.96 Å². The third kappa shape index (κ3) is 12.1. The number of aliphatic imine (C=N–C) groups is 1. The molecular formula is C14H31IN4O2. The molecule has 6 nitrogen and oxygen atoms in total. The van der Waals surface area contributed by atoms with Gasteiger partial charge in [-0.2, -0.15) is 0 Å². The number of hydrogen-bond acceptors (Lipinski definition) is 4. The number of nitrogens with two attached hydrogens (primary N) is 1. The third-order valence-electron chi connectivity index (χ3n) is 3.24. The van der Waals surface area contributed by atoms with E-state index in [2.05, 4.69) is 15.2 Å². The molecule has 0 radical (unpaired) electrons. The first-order valence-corrected chi connectivity index (χ1v) is 7.74. The molecule has 0 aromatic heterocycles. The predicted molar refractivity (Wildman–Crippen MR) is 97.5 cm³/mol. The lowest BCUT2D eigenvalue weighted by Crippen LogP contribution is -2.37. The van der Waals surface area contributed by atoms with Crippen LogP contribution in [0.15, 0.2) is 4.99 Å². The number of nitrogens with zero attached hydrogens (tertiary/aromatic N) is 2. The molecule has 1 heterocycles. The number of morpholine rings is 1. The summed E-state index contributed by atoms with van der Waals surface area (Å²) in [5.74, 6) is 0.559. The van der Waals surface area contributed by atoms with Gasteiger partial charge in [-0.15, -0.1) is 24.0 Å². The molecule has 1 rings (SSSR count). The molecule has 126 valence electrons. The molecule has 1 aliphatic rings. The van der Waals surface area contributed by atoms with Crippen molar-refractivity contribution in [3.63, 3.8) is 0 Å². The van der Waals surface area contributed by atoms with Crippen molar-refractivity contribution < 1.29 is 9.47 Å². The van der Waals surface area contributed by atoms with Crippen LogP contribution in [0, 0.1) is 0 Å². The van der Waals surface area contributed by atoms with Gasteiger partial charge in [0.2, 0.25) is 0 Å². The molecule has 0 amide bonds. The second-order valence-corrected chi connectivity index (χ2v) is 4.91. The van der Waals surface area contributed by atoms with Crippen molar-refractivity contribution in [2.24, 2.45) is 10.7 Å². The SMILES string of the molecule is CCOCCCCNC(N)=NCCCN1CCOCC1.I. The van der Waals surface area contributed by atoms with Crippen LogP contribution < -0.4 is 11.1 Å². The summed E-state index contributed by atoms with van der Waals surface area (Å²) in [4.78, 5) is 6.75. The van der Waals surface area contributed by atoms with Crippen LogP contribution in [0.1, 0.15) is 26.2 Å². The fourth-order valence-corrected chi connectivity index (χ4v) is 2.06. The van der Waals surface area contributed by atoms with Gasteiger partial charge in [0.15, 0.2) is 5.96 Å². The maximum atomic E-state index is 5.81. The van der Waals surface area contributed by atoms with Crippen LogP contribution in [-0.2, 0) is 9.47 Å². The van der Waals surface area contributed by atoms with Gasteiger partial charge < -0.3 is 20.5 Å². The Labute approximate surface area is 145 Å². The topological polar surface area (TPSA) is 72.1 Å². The molecule has 0 spiro atoms. The summed E-state index contributed by atoms with van der Waals surface area (Å²) in [5.41, 5.74) is 5.81. The van der Waals surface area contributed by atoms with Crippen molar-refractivity contribution in [3.05, 3.63) is 0 Å². The molecule has 0 bridgehead atoms. The van der Waals surface area contributed by atoms with E-state index in [1.54, 1.807) is 0 Å². The van der Waals surface area contributed by atoms with E-state index in [0.717, 1.165) is 78.4 Å². The Kier molecular flexibility index (Phi) is 14.7. The molecular weight excluding hydrogens is 383 g/mol. The molecule has 1 aliphatic heterocycles. The number of guanidine groups is 1. The summed E-state index contributed by atoms with van der Waals surface area (Å²) in [7, 11) is 0. The lowest BCUT2D eigenvalue weighted by molar-refractivity contribution is 0.0377. The highest BCUT2D eigenvalue weighted by Gasteiger charge is 2.08. The summed E-state index contributed by atoms with van der Waals surface area (Å²) in [6, 6.07) is 0. The Morgan fingerprint density at radius 3 is 2.76 bits per heavy atom. The second-order valence-electron chi connectivity index (χ2n) is 4.91. The van der Waals surface area contributed by atoms with Gasteiger partial charge >= 0.3 is 0 Å². The highest BCUT2D eigenvalue weighted by atomic mass is 127. The maximum Gasteiger partial charge on any atom is 0.188 e. The van der Waals surface area contributed by atoms with E-state index in [1.165, 1.54) is 0 Å². The predicted octanol–water partition coefficient (Wildman–Crippen LogP) is 1.05. The number of hydrogen-bond donors (Lipinski definition) is 2. The minimum Gasteiger partial charge on any atom is -0.382 e. The summed E-state index contributed by atoms with van der Waals surface area (Å²) in [6.45, 7) is 10.2. The number of unbranched alkanes of at least 4 members (excludes halogenated alkanes) is 1. The standard InChI is InChI=1S/C14H30N4O2.HI/c1-2-19-11-4-3-6-16-14(15)17-7-5-8-18-9-12-20-13-10-18;/h2-13H2,1H3,(H3,15,16,17);1H. The molecule has 1 fully saturated rings. The average Bonchev–Trinajstić information content (AvgIpc) is 2.48. The summed E-state index contributed by atoms with van der Waals surface area (Å²) < 4.78 is 10.6. The molecule has 0 aromatic rings. The summed E-state index contributed by atoms with van der Waals surface area (Å²) >= 11 is 0. The van der Waals surface area contributed by atoms with Crippen LogP contribution in [0.4, 0.5) is 0 Å². The zero-order valence-electron chi connectivity index (χ0n) is 13.2. The van der Waals surface area contributed by atoms with Gasteiger partial charge in [0.1, 0.15) is 0 Å². The Balaban J connectivity index is 0.00000400. The van der Waals surface area contributed by atoms with Gasteiger partial charge in [0.25, 0.3) is 0 Å². The van der Waals surface area contributed by atoms with Crippen LogP contribution in [0.3, 0.4) is 0 Å². The first-order chi connectivity index (χ1) is 9.83. The minimum absolute atomic E-state index is 0. The maximum absolute atomic E-state index is 5.81. The van der Waals surface area contributed by atoms with Crippen molar-refractivity contribution in [1.29, 1.82) is 0 Å². The largest absolute Gasteiger partial charge is 0.382 e. The fraction of sp³-hybridized carbons (Fsp3) is 0.929. The summed E-state index contributed by atoms with van der Waals surface area (Å²) in [5, 5.41) is 3.14. The molecule has 0 aliphatic carbocycles. The molecule has 0 unspecified atom stereocenters. The van der Waals surface area contributed by atoms with Gasteiger partial charge in [-0.25, -0.2) is 0 Å². The Hall–Kier alpha value is -0.120. The zero-order chi connectivity index (χ0) is 14.5. The number of halogens is 1. The number of ether oxygens (including phenoxy) is 2. The molecule has 3 N–H and O–H groups in total. The van der Waals surface area contributed by atoms with Crippen molar-refractivity contribution in [2.75, 3.05) is 59.2 Å². The highest BCUT2D eigenvalue weighted by Crippen LogP contribution is 1.97. The van der Waals surface area contributed by atoms with Crippen LogP contribution in [0.25, 0.3) is 0 Å². The van der Waals surface area contributed by atoms with Crippen LogP contribution in [0.5, 0.6) is 0 Å². The molecule has 21 heavy (non-hydrogen) atoms. The highest BCUT2D eigenvalue weighted by molar-refractivity contribution is 14.0. The van der Waals surface area contributed by atoms with Crippen LogP contribution in [0.2, 0.25) is 0 Å². The van der Waals surface area contributed by atoms with E-state index in [9.17, 15) is 0 Å². The monoisotopic (exact) mass is 414 g/mol. The molecule has 0 saturated carbocycles. The lowest BCUT2D eigenvalue weighted by Gasteiger charge is -2.26. The quantitative estimate of drug-likeness (QED) is 0.242. The van der Waals surface area contributed by atoms with Gasteiger partial charge in [-0.3, -0.25) is 9.89 Å². The average molecular weight is 414 g/mol. The van der Waals surface area contributed by atoms with Crippen molar-refractivity contribution >= 4 is 29.9 Å². The van der Waals surface area contributed by atoms with Gasteiger partial charge in [-0.05, 0) is 26.2 Å². The van der Waals surface area contributed by atoms with Crippen molar-refractivity contribution in [2.45, 2.75) is 26.2 Å². The van der Waals surface area contributed by atoms with Crippen molar-refractivity contribution in [1.82, 2.24) is 10.2 Å². The first kappa shape index (κ1) is 20.9. The van der Waals surface area contributed by atoms with E-state index >= 15 is 0 Å². The first-order valence-electron chi connectivity index (χ1n) is 7.74. The summed E-state index contributed by atoms with van der Waals surface area (Å²) in [6.07, 6.45) is 3.17. The number of rotatable bonds is 10. The van der Waals surface area contributed by atoms with Gasteiger partial charge in [-0.1, -0.05) is 0 Å². The van der Waals surface area contributed by atoms with Crippen LogP contribution in [-0.4, -0.2) is 70.0 Å². The Bertz CT molecular complexity index is 261. The smallest absolute Gasteiger partial charge is 0.188 e. The molecule has 0 atom stereocenters. The molecule has 7 heteroatoms. The van der Waals surface area contributed by atoms with E-state index in [4.69, 9.17) is 15.2 Å². The van der Waals surface area contributed by atoms with Crippen LogP contribution >= 0.6 is 24.0 Å². The van der Waals surface area contributed by atoms with E-state index < -0.39 is 0 Å². The third-order valence-corrected chi connectivity index (χ3v) is 3.24. The fourth-order valence-electron chi connectivity index (χ4n) is 2.06. The minimum atomic E-state index is 0. The van der Waals surface area contributed by atoms with Crippen molar-refractivity contribution in [3.8, 4) is 0 Å². The second kappa shape index (κ2) is 14.8. The lowest BCUT2D eigenvalue weighted by atomic mass is 10.3. The van der Waals surface area contributed by atoms with E-state index in [1.807, 2.05) is 6.92 Å². The Morgan fingerprint density at radius 2 is 2.05 bits per heavy atom. The zero-order valence-corrected chi connectivity index (χ0v) is 15.5. The Morgan fingerprint density at radius 1 is 1.29 bits per heavy atom.